The molecule has 0 aliphatic heterocycles. The molecule has 0 saturated heterocycles. The van der Waals surface area contributed by atoms with E-state index in [1.165, 1.54) is 22.3 Å². The van der Waals surface area contributed by atoms with Gasteiger partial charge in [-0.2, -0.15) is 0 Å². The van der Waals surface area contributed by atoms with Gasteiger partial charge in [0.05, 0.1) is 0 Å². The third-order valence-electron chi connectivity index (χ3n) is 3.66. The second kappa shape index (κ2) is 3.27. The molecular formula is C15H14ClN. The van der Waals surface area contributed by atoms with Gasteiger partial charge in [-0.3, -0.25) is 0 Å². The lowest BCUT2D eigenvalue weighted by molar-refractivity contribution is 0.660. The molecule has 1 aliphatic rings. The first-order chi connectivity index (χ1) is 8.00. The van der Waals surface area contributed by atoms with Crippen molar-refractivity contribution < 1.29 is 0 Å². The molecule has 17 heavy (non-hydrogen) atoms. The maximum absolute atomic E-state index is 6.10. The average Bonchev–Trinajstić information content (AvgIpc) is 2.48. The van der Waals surface area contributed by atoms with Gasteiger partial charge in [-0.05, 0) is 46.5 Å². The van der Waals surface area contributed by atoms with Gasteiger partial charge in [-0.25, -0.2) is 0 Å². The second-order valence-electron chi connectivity index (χ2n) is 5.12. The number of nitrogen functional groups attached to an aromatic ring is 1. The zero-order valence-corrected chi connectivity index (χ0v) is 10.7. The zero-order chi connectivity index (χ0) is 12.2. The van der Waals surface area contributed by atoms with E-state index in [2.05, 4.69) is 38.1 Å². The van der Waals surface area contributed by atoms with Crippen molar-refractivity contribution in [2.75, 3.05) is 5.73 Å². The predicted octanol–water partition coefficient (Wildman–Crippen LogP) is 4.23. The fourth-order valence-electron chi connectivity index (χ4n) is 2.74. The predicted molar refractivity (Wildman–Crippen MR) is 73.4 cm³/mol. The molecule has 0 radical (unpaired) electrons. The van der Waals surface area contributed by atoms with Crippen LogP contribution in [0.5, 0.6) is 0 Å². The van der Waals surface area contributed by atoms with Crippen LogP contribution in [-0.2, 0) is 5.41 Å². The van der Waals surface area contributed by atoms with Gasteiger partial charge in [-0.1, -0.05) is 37.6 Å². The molecule has 2 N–H and O–H groups in total. The van der Waals surface area contributed by atoms with Gasteiger partial charge < -0.3 is 5.73 Å². The second-order valence-corrected chi connectivity index (χ2v) is 5.56. The van der Waals surface area contributed by atoms with Gasteiger partial charge in [-0.15, -0.1) is 0 Å². The maximum atomic E-state index is 6.10. The summed E-state index contributed by atoms with van der Waals surface area (Å²) in [6.07, 6.45) is 0. The molecule has 0 saturated carbocycles. The molecule has 0 bridgehead atoms. The van der Waals surface area contributed by atoms with E-state index in [-0.39, 0.29) is 5.41 Å². The SMILES string of the molecule is CC1(C)c2ccc(N)cc2-c2ccc(Cl)cc21. The minimum Gasteiger partial charge on any atom is -0.399 e. The van der Waals surface area contributed by atoms with Crippen molar-refractivity contribution in [3.8, 4) is 11.1 Å². The Bertz CT molecular complexity index is 614. The van der Waals surface area contributed by atoms with E-state index >= 15 is 0 Å². The Hall–Kier alpha value is -1.47. The summed E-state index contributed by atoms with van der Waals surface area (Å²) in [5.41, 5.74) is 11.8. The topological polar surface area (TPSA) is 26.0 Å². The first-order valence-corrected chi connectivity index (χ1v) is 6.08. The van der Waals surface area contributed by atoms with Crippen LogP contribution in [-0.4, -0.2) is 0 Å². The van der Waals surface area contributed by atoms with Gasteiger partial charge in [0.25, 0.3) is 0 Å². The Morgan fingerprint density at radius 1 is 0.941 bits per heavy atom. The van der Waals surface area contributed by atoms with Crippen LogP contribution in [0.25, 0.3) is 11.1 Å². The Labute approximate surface area is 106 Å². The van der Waals surface area contributed by atoms with Crippen molar-refractivity contribution in [3.63, 3.8) is 0 Å². The Kier molecular flexibility index (Phi) is 2.05. The highest BCUT2D eigenvalue weighted by atomic mass is 35.5. The number of hydrogen-bond donors (Lipinski definition) is 1. The summed E-state index contributed by atoms with van der Waals surface area (Å²) in [6.45, 7) is 4.45. The summed E-state index contributed by atoms with van der Waals surface area (Å²) in [4.78, 5) is 0. The number of halogens is 1. The van der Waals surface area contributed by atoms with Crippen LogP contribution in [0.1, 0.15) is 25.0 Å². The van der Waals surface area contributed by atoms with E-state index in [9.17, 15) is 0 Å². The molecule has 2 aromatic carbocycles. The van der Waals surface area contributed by atoms with Crippen molar-refractivity contribution in [2.45, 2.75) is 19.3 Å². The number of anilines is 1. The van der Waals surface area contributed by atoms with Crippen LogP contribution in [0.2, 0.25) is 5.02 Å². The molecule has 1 aliphatic carbocycles. The Morgan fingerprint density at radius 3 is 2.47 bits per heavy atom. The van der Waals surface area contributed by atoms with E-state index in [1.54, 1.807) is 0 Å². The molecule has 3 rings (SSSR count). The standard InChI is InChI=1S/C15H14ClN/c1-15(2)13-6-4-10(17)8-12(13)11-5-3-9(16)7-14(11)15/h3-8H,17H2,1-2H3. The number of hydrogen-bond acceptors (Lipinski definition) is 1. The van der Waals surface area contributed by atoms with Crippen LogP contribution in [0.15, 0.2) is 36.4 Å². The number of rotatable bonds is 0. The smallest absolute Gasteiger partial charge is 0.0409 e. The highest BCUT2D eigenvalue weighted by Crippen LogP contribution is 2.49. The highest BCUT2D eigenvalue weighted by molar-refractivity contribution is 6.30. The molecule has 0 atom stereocenters. The average molecular weight is 244 g/mol. The number of benzene rings is 2. The van der Waals surface area contributed by atoms with E-state index in [0.717, 1.165) is 10.7 Å². The Morgan fingerprint density at radius 2 is 1.71 bits per heavy atom. The molecule has 0 spiro atoms. The van der Waals surface area contributed by atoms with Crippen molar-refractivity contribution in [2.24, 2.45) is 0 Å². The lowest BCUT2D eigenvalue weighted by atomic mass is 9.82. The van der Waals surface area contributed by atoms with E-state index in [1.807, 2.05) is 12.1 Å². The number of fused-ring (bicyclic) bond motifs is 3. The first kappa shape index (κ1) is 10.7. The normalized spacial score (nSPS) is 15.5. The van der Waals surface area contributed by atoms with Gasteiger partial charge >= 0.3 is 0 Å². The highest BCUT2D eigenvalue weighted by Gasteiger charge is 2.35. The third kappa shape index (κ3) is 1.39. The van der Waals surface area contributed by atoms with Crippen molar-refractivity contribution >= 4 is 17.3 Å². The number of nitrogens with two attached hydrogens (primary N) is 1. The molecule has 86 valence electrons. The van der Waals surface area contributed by atoms with Gasteiger partial charge in [0.2, 0.25) is 0 Å². The van der Waals surface area contributed by atoms with Crippen molar-refractivity contribution in [1.29, 1.82) is 0 Å². The summed E-state index contributed by atoms with van der Waals surface area (Å²) >= 11 is 6.10. The summed E-state index contributed by atoms with van der Waals surface area (Å²) < 4.78 is 0. The summed E-state index contributed by atoms with van der Waals surface area (Å²) in [6, 6.07) is 12.2. The van der Waals surface area contributed by atoms with E-state index < -0.39 is 0 Å². The first-order valence-electron chi connectivity index (χ1n) is 5.70. The van der Waals surface area contributed by atoms with Crippen LogP contribution in [0.4, 0.5) is 5.69 Å². The van der Waals surface area contributed by atoms with Crippen LogP contribution >= 0.6 is 11.6 Å². The van der Waals surface area contributed by atoms with E-state index in [4.69, 9.17) is 17.3 Å². The molecule has 0 unspecified atom stereocenters. The summed E-state index contributed by atoms with van der Waals surface area (Å²) in [7, 11) is 0. The molecule has 2 heteroatoms. The molecule has 2 aromatic rings. The lowest BCUT2D eigenvalue weighted by Crippen LogP contribution is -2.14. The maximum Gasteiger partial charge on any atom is 0.0409 e. The molecule has 0 heterocycles. The summed E-state index contributed by atoms with van der Waals surface area (Å²) in [5.74, 6) is 0. The van der Waals surface area contributed by atoms with Crippen molar-refractivity contribution in [1.82, 2.24) is 0 Å². The van der Waals surface area contributed by atoms with Gasteiger partial charge in [0.15, 0.2) is 0 Å². The Balaban J connectivity index is 2.38. The fraction of sp³-hybridized carbons (Fsp3) is 0.200. The lowest BCUT2D eigenvalue weighted by Gasteiger charge is -2.21. The van der Waals surface area contributed by atoms with Gasteiger partial charge in [0.1, 0.15) is 0 Å². The monoisotopic (exact) mass is 243 g/mol. The van der Waals surface area contributed by atoms with Crippen molar-refractivity contribution in [3.05, 3.63) is 52.5 Å². The molecule has 0 aromatic heterocycles. The minimum absolute atomic E-state index is 0.00324. The fourth-order valence-corrected chi connectivity index (χ4v) is 2.92. The molecule has 1 nitrogen and oxygen atoms in total. The molecule has 0 fully saturated rings. The summed E-state index contributed by atoms with van der Waals surface area (Å²) in [5, 5.41) is 0.789. The minimum atomic E-state index is 0.00324. The van der Waals surface area contributed by atoms with Crippen LogP contribution in [0.3, 0.4) is 0 Å². The quantitative estimate of drug-likeness (QED) is 0.689. The van der Waals surface area contributed by atoms with E-state index in [0.29, 0.717) is 0 Å². The molecular weight excluding hydrogens is 230 g/mol. The molecule has 0 amide bonds. The van der Waals surface area contributed by atoms with Crippen LogP contribution in [0, 0.1) is 0 Å². The van der Waals surface area contributed by atoms with Gasteiger partial charge in [0, 0.05) is 16.1 Å². The zero-order valence-electron chi connectivity index (χ0n) is 9.92. The van der Waals surface area contributed by atoms with Crippen LogP contribution < -0.4 is 5.73 Å². The third-order valence-corrected chi connectivity index (χ3v) is 3.90. The largest absolute Gasteiger partial charge is 0.399 e.